The number of likely N-dealkylation sites (tertiary alicyclic amines) is 1. The van der Waals surface area contributed by atoms with Crippen LogP contribution in [-0.2, 0) is 29.7 Å². The molecule has 3 saturated heterocycles. The lowest BCUT2D eigenvalue weighted by Crippen LogP contribution is -2.52. The summed E-state index contributed by atoms with van der Waals surface area (Å²) in [6.45, 7) is 5.45. The first-order chi connectivity index (χ1) is 24.0. The Labute approximate surface area is 295 Å². The van der Waals surface area contributed by atoms with Crippen LogP contribution in [0, 0.1) is 0 Å². The van der Waals surface area contributed by atoms with Crippen molar-refractivity contribution >= 4 is 40.9 Å². The molecule has 262 valence electrons. The molecule has 3 aromatic rings. The van der Waals surface area contributed by atoms with Crippen LogP contribution >= 0.6 is 11.6 Å². The number of amides is 4. The largest absolute Gasteiger partial charge is 0.378 e. The zero-order valence-corrected chi connectivity index (χ0v) is 29.0. The third-order valence-electron chi connectivity index (χ3n) is 10.4. The molecule has 0 radical (unpaired) electrons. The minimum atomic E-state index is -0.627. The molecule has 4 aliphatic heterocycles. The number of halogens is 1. The predicted octanol–water partition coefficient (Wildman–Crippen LogP) is 2.05. The fourth-order valence-corrected chi connectivity index (χ4v) is 7.90. The first-order valence-electron chi connectivity index (χ1n) is 17.1. The quantitative estimate of drug-likeness (QED) is 0.355. The fourth-order valence-electron chi connectivity index (χ4n) is 7.67. The van der Waals surface area contributed by atoms with E-state index < -0.39 is 11.9 Å². The van der Waals surface area contributed by atoms with Gasteiger partial charge in [0, 0.05) is 83.0 Å². The molecular weight excluding hydrogens is 660 g/mol. The topological polar surface area (TPSA) is 140 Å². The van der Waals surface area contributed by atoms with E-state index in [1.165, 1.54) is 4.68 Å². The Kier molecular flexibility index (Phi) is 9.46. The van der Waals surface area contributed by atoms with Crippen molar-refractivity contribution < 1.29 is 19.2 Å². The lowest BCUT2D eigenvalue weighted by atomic mass is 9.87. The van der Waals surface area contributed by atoms with Crippen molar-refractivity contribution in [3.05, 3.63) is 91.9 Å². The maximum atomic E-state index is 13.5. The van der Waals surface area contributed by atoms with Crippen LogP contribution in [0.25, 0.3) is 0 Å². The third-order valence-corrected chi connectivity index (χ3v) is 10.7. The van der Waals surface area contributed by atoms with E-state index in [9.17, 15) is 24.0 Å². The van der Waals surface area contributed by atoms with E-state index in [4.69, 9.17) is 11.6 Å². The molecule has 2 aromatic carbocycles. The van der Waals surface area contributed by atoms with Crippen LogP contribution in [-0.4, -0.2) is 111 Å². The summed E-state index contributed by atoms with van der Waals surface area (Å²) in [5, 5.41) is 10.00. The average molecular weight is 701 g/mol. The van der Waals surface area contributed by atoms with Crippen molar-refractivity contribution in [2.75, 3.05) is 51.6 Å². The van der Waals surface area contributed by atoms with Crippen molar-refractivity contribution in [2.24, 2.45) is 7.05 Å². The normalized spacial score (nSPS) is 23.2. The van der Waals surface area contributed by atoms with Gasteiger partial charge in [0.05, 0.1) is 11.9 Å². The second kappa shape index (κ2) is 14.0. The molecule has 2 N–H and O–H groups in total. The van der Waals surface area contributed by atoms with Crippen LogP contribution in [0.1, 0.15) is 62.6 Å². The molecule has 3 fully saturated rings. The molecule has 5 heterocycles. The van der Waals surface area contributed by atoms with Crippen LogP contribution < -0.4 is 16.2 Å². The number of piperazine rings is 1. The highest BCUT2D eigenvalue weighted by atomic mass is 35.5. The number of anilines is 1. The Morgan fingerprint density at radius 1 is 1.00 bits per heavy atom. The number of hydrogen-bond acceptors (Lipinski definition) is 9. The van der Waals surface area contributed by atoms with Crippen molar-refractivity contribution in [3.8, 4) is 0 Å². The summed E-state index contributed by atoms with van der Waals surface area (Å²) in [6.07, 6.45) is 3.01. The second-order valence-electron chi connectivity index (χ2n) is 13.9. The molecule has 0 aliphatic carbocycles. The number of nitrogens with zero attached hydrogens (tertiary/aromatic N) is 6. The van der Waals surface area contributed by atoms with Gasteiger partial charge in [0.1, 0.15) is 11.1 Å². The van der Waals surface area contributed by atoms with Gasteiger partial charge in [-0.3, -0.25) is 34.2 Å². The standard InChI is InChI=1S/C36H41ClN8O5/c1-41-19-25(16-27(21-41)39-29-17-38-42(2)36(50)32(29)37)23-4-6-24(7-5-23)34(48)44-13-11-43(12-14-44)18-22-3-8-28-26(15-22)20-45(35(28)49)30-9-10-31(46)40-33(30)47/h3-8,15,17,25,27,30,39H,9-14,16,18-21H2,1-2H3,(H,40,46,47). The first kappa shape index (κ1) is 33.9. The number of hydrogen-bond donors (Lipinski definition) is 2. The van der Waals surface area contributed by atoms with E-state index in [1.54, 1.807) is 18.1 Å². The molecule has 1 aromatic heterocycles. The van der Waals surface area contributed by atoms with Crippen molar-refractivity contribution in [1.29, 1.82) is 0 Å². The highest BCUT2D eigenvalue weighted by Crippen LogP contribution is 2.31. The lowest BCUT2D eigenvalue weighted by Gasteiger charge is -2.37. The SMILES string of the molecule is CN1CC(Nc2cnn(C)c(=O)c2Cl)CC(c2ccc(C(=O)N3CCN(Cc4ccc5c(c4)CN(C4CCC(=O)NC4=O)C5=O)CC3)cc2)C1. The maximum absolute atomic E-state index is 13.5. The monoisotopic (exact) mass is 700 g/mol. The van der Waals surface area contributed by atoms with Gasteiger partial charge >= 0.3 is 0 Å². The molecule has 3 unspecified atom stereocenters. The molecular formula is C36H41ClN8O5. The van der Waals surface area contributed by atoms with E-state index in [2.05, 4.69) is 44.7 Å². The molecule has 0 bridgehead atoms. The van der Waals surface area contributed by atoms with Gasteiger partial charge in [0.2, 0.25) is 11.8 Å². The summed E-state index contributed by atoms with van der Waals surface area (Å²) in [5.41, 5.74) is 4.61. The number of fused-ring (bicyclic) bond motifs is 1. The molecule has 14 heteroatoms. The van der Waals surface area contributed by atoms with Gasteiger partial charge in [-0.2, -0.15) is 5.10 Å². The molecule has 13 nitrogen and oxygen atoms in total. The molecule has 4 amide bonds. The zero-order valence-electron chi connectivity index (χ0n) is 28.2. The number of rotatable bonds is 7. The Morgan fingerprint density at radius 2 is 1.76 bits per heavy atom. The molecule has 50 heavy (non-hydrogen) atoms. The van der Waals surface area contributed by atoms with E-state index in [0.29, 0.717) is 49.4 Å². The molecule has 0 saturated carbocycles. The summed E-state index contributed by atoms with van der Waals surface area (Å²) in [5.74, 6) is -0.611. The lowest BCUT2D eigenvalue weighted by molar-refractivity contribution is -0.136. The van der Waals surface area contributed by atoms with Crippen LogP contribution in [0.4, 0.5) is 5.69 Å². The number of aromatic nitrogens is 2. The summed E-state index contributed by atoms with van der Waals surface area (Å²) in [4.78, 5) is 70.7. The Balaban J connectivity index is 0.916. The fraction of sp³-hybridized carbons (Fsp3) is 0.444. The van der Waals surface area contributed by atoms with Crippen molar-refractivity contribution in [2.45, 2.75) is 50.4 Å². The smallest absolute Gasteiger partial charge is 0.287 e. The first-order valence-corrected chi connectivity index (χ1v) is 17.5. The summed E-state index contributed by atoms with van der Waals surface area (Å²) in [7, 11) is 3.65. The number of carbonyl (C=O) groups is 4. The Morgan fingerprint density at radius 3 is 2.50 bits per heavy atom. The van der Waals surface area contributed by atoms with E-state index in [1.807, 2.05) is 35.2 Å². The summed E-state index contributed by atoms with van der Waals surface area (Å²) < 4.78 is 1.22. The van der Waals surface area contributed by atoms with Crippen LogP contribution in [0.15, 0.2) is 53.5 Å². The minimum absolute atomic E-state index is 0.0221. The minimum Gasteiger partial charge on any atom is -0.378 e. The van der Waals surface area contributed by atoms with Gasteiger partial charge in [-0.1, -0.05) is 35.9 Å². The number of benzene rings is 2. The van der Waals surface area contributed by atoms with E-state index in [0.717, 1.165) is 49.3 Å². The average Bonchev–Trinajstić information content (AvgIpc) is 3.43. The number of piperidine rings is 2. The molecule has 3 atom stereocenters. The third kappa shape index (κ3) is 6.90. The van der Waals surface area contributed by atoms with E-state index in [-0.39, 0.29) is 46.7 Å². The van der Waals surface area contributed by atoms with Gasteiger partial charge in [-0.25, -0.2) is 4.68 Å². The maximum Gasteiger partial charge on any atom is 0.287 e. The number of nitrogens with one attached hydrogen (secondary N) is 2. The van der Waals surface area contributed by atoms with Crippen molar-refractivity contribution in [3.63, 3.8) is 0 Å². The molecule has 7 rings (SSSR count). The Hall–Kier alpha value is -4.59. The van der Waals surface area contributed by atoms with Gasteiger partial charge in [-0.05, 0) is 60.7 Å². The number of aryl methyl sites for hydroxylation is 1. The van der Waals surface area contributed by atoms with E-state index >= 15 is 0 Å². The van der Waals surface area contributed by atoms with Crippen LogP contribution in [0.2, 0.25) is 5.02 Å². The number of carbonyl (C=O) groups excluding carboxylic acids is 4. The zero-order chi connectivity index (χ0) is 35.1. The van der Waals surface area contributed by atoms with Crippen molar-refractivity contribution in [1.82, 2.24) is 34.7 Å². The second-order valence-corrected chi connectivity index (χ2v) is 14.3. The number of likely N-dealkylation sites (N-methyl/N-ethyl adjacent to an activating group) is 1. The molecule has 4 aliphatic rings. The van der Waals surface area contributed by atoms with Gasteiger partial charge < -0.3 is 20.0 Å². The predicted molar refractivity (Wildman–Crippen MR) is 187 cm³/mol. The summed E-state index contributed by atoms with van der Waals surface area (Å²) >= 11 is 6.30. The van der Waals surface area contributed by atoms with Gasteiger partial charge in [-0.15, -0.1) is 0 Å². The van der Waals surface area contributed by atoms with Gasteiger partial charge in [0.15, 0.2) is 0 Å². The van der Waals surface area contributed by atoms with Crippen LogP contribution in [0.3, 0.4) is 0 Å². The molecule has 0 spiro atoms. The van der Waals surface area contributed by atoms with Gasteiger partial charge in [0.25, 0.3) is 17.4 Å². The highest BCUT2D eigenvalue weighted by Gasteiger charge is 2.39. The summed E-state index contributed by atoms with van der Waals surface area (Å²) in [6, 6.07) is 13.2. The Bertz CT molecular complexity index is 1890. The highest BCUT2D eigenvalue weighted by molar-refractivity contribution is 6.32. The van der Waals surface area contributed by atoms with Crippen LogP contribution in [0.5, 0.6) is 0 Å². The number of imide groups is 1.